The Morgan fingerprint density at radius 3 is 2.75 bits per heavy atom. The van der Waals surface area contributed by atoms with E-state index in [0.717, 1.165) is 25.5 Å². The lowest BCUT2D eigenvalue weighted by Crippen LogP contribution is -2.36. The van der Waals surface area contributed by atoms with E-state index in [1.165, 1.54) is 0 Å². The van der Waals surface area contributed by atoms with Gasteiger partial charge in [0.1, 0.15) is 11.1 Å². The van der Waals surface area contributed by atoms with Gasteiger partial charge in [0, 0.05) is 15.7 Å². The number of carbonyl (C=O) groups is 1. The van der Waals surface area contributed by atoms with E-state index >= 15 is 0 Å². The van der Waals surface area contributed by atoms with Crippen LogP contribution in [-0.2, 0) is 11.3 Å². The number of aliphatic hydroxyl groups excluding tert-OH is 1. The molecule has 6 nitrogen and oxygen atoms in total. The number of rotatable bonds is 5. The van der Waals surface area contributed by atoms with Gasteiger partial charge in [-0.15, -0.1) is 27.8 Å². The van der Waals surface area contributed by atoms with Crippen LogP contribution in [0.5, 0.6) is 0 Å². The number of carbonyl (C=O) groups excluding carboxylic acids is 1. The number of hydrogen-bond acceptors (Lipinski definition) is 7. The Hall–Kier alpha value is -2.03. The third-order valence-electron chi connectivity index (χ3n) is 4.24. The number of aryl methyl sites for hydroxylation is 1. The van der Waals surface area contributed by atoms with Crippen LogP contribution in [-0.4, -0.2) is 33.6 Å². The summed E-state index contributed by atoms with van der Waals surface area (Å²) in [5, 5.41) is 20.0. The molecule has 0 radical (unpaired) electrons. The van der Waals surface area contributed by atoms with Gasteiger partial charge in [-0.25, -0.2) is 4.79 Å². The molecule has 1 N–H and O–H groups in total. The highest BCUT2D eigenvalue weighted by molar-refractivity contribution is 7.20. The zero-order valence-electron chi connectivity index (χ0n) is 16.7. The maximum Gasteiger partial charge on any atom is 0.415 e. The Bertz CT molecular complexity index is 961. The first-order chi connectivity index (χ1) is 13.2. The summed E-state index contributed by atoms with van der Waals surface area (Å²) in [6.45, 7) is 9.97. The van der Waals surface area contributed by atoms with Gasteiger partial charge < -0.3 is 9.84 Å². The van der Waals surface area contributed by atoms with Crippen LogP contribution >= 0.6 is 22.7 Å². The number of thiophene rings is 2. The molecule has 0 aromatic carbocycles. The molecule has 1 amide bonds. The van der Waals surface area contributed by atoms with Gasteiger partial charge >= 0.3 is 6.09 Å². The largest absolute Gasteiger partial charge is 0.443 e. The molecule has 1 atom stereocenters. The van der Waals surface area contributed by atoms with Gasteiger partial charge in [0.05, 0.1) is 29.7 Å². The van der Waals surface area contributed by atoms with E-state index in [1.54, 1.807) is 33.8 Å². The number of aromatic nitrogens is 2. The Morgan fingerprint density at radius 2 is 2.14 bits per heavy atom. The number of ether oxygens (including phenoxy) is 1. The molecule has 0 aliphatic heterocycles. The summed E-state index contributed by atoms with van der Waals surface area (Å²) in [7, 11) is 0. The first-order valence-corrected chi connectivity index (χ1v) is 10.8. The molecule has 0 aliphatic rings. The zero-order valence-corrected chi connectivity index (χ0v) is 18.4. The van der Waals surface area contributed by atoms with Crippen molar-refractivity contribution in [3.05, 3.63) is 39.0 Å². The second kappa shape index (κ2) is 8.14. The molecule has 0 saturated heterocycles. The molecular formula is C20H25N3O3S2. The smallest absolute Gasteiger partial charge is 0.415 e. The highest BCUT2D eigenvalue weighted by Crippen LogP contribution is 2.39. The van der Waals surface area contributed by atoms with Crippen molar-refractivity contribution in [2.24, 2.45) is 0 Å². The average Bonchev–Trinajstić information content (AvgIpc) is 3.25. The molecule has 0 bridgehead atoms. The Balaban J connectivity index is 2.11. The Kier molecular flexibility index (Phi) is 6.02. The van der Waals surface area contributed by atoms with Crippen LogP contribution in [0.2, 0.25) is 0 Å². The number of fused-ring (bicyclic) bond motifs is 1. The standard InChI is InChI=1S/C20H25N3O3S2/c1-12(11-24)17-13(2)16-18(28-17)15(9-21-22-16)23(10-14-7-6-8-27-14)19(25)26-20(3,4)5/h6-9,12,24H,10-11H2,1-5H3. The molecule has 0 fully saturated rings. The van der Waals surface area contributed by atoms with Gasteiger partial charge in [-0.2, -0.15) is 5.10 Å². The van der Waals surface area contributed by atoms with Crippen molar-refractivity contribution in [2.45, 2.75) is 52.7 Å². The van der Waals surface area contributed by atoms with Gasteiger partial charge in [-0.1, -0.05) is 13.0 Å². The Labute approximate surface area is 172 Å². The molecule has 3 heterocycles. The lowest BCUT2D eigenvalue weighted by Gasteiger charge is -2.27. The molecule has 8 heteroatoms. The summed E-state index contributed by atoms with van der Waals surface area (Å²) < 4.78 is 6.55. The first kappa shape index (κ1) is 20.7. The van der Waals surface area contributed by atoms with Crippen molar-refractivity contribution in [1.82, 2.24) is 10.2 Å². The predicted octanol–water partition coefficient (Wildman–Crippen LogP) is 5.10. The van der Waals surface area contributed by atoms with Gasteiger partial charge in [0.15, 0.2) is 0 Å². The molecular weight excluding hydrogens is 394 g/mol. The highest BCUT2D eigenvalue weighted by atomic mass is 32.1. The van der Waals surface area contributed by atoms with E-state index in [2.05, 4.69) is 10.2 Å². The monoisotopic (exact) mass is 419 g/mol. The summed E-state index contributed by atoms with van der Waals surface area (Å²) in [6, 6.07) is 3.96. The fourth-order valence-corrected chi connectivity index (χ4v) is 4.88. The minimum absolute atomic E-state index is 0.000627. The second-order valence-corrected chi connectivity index (χ2v) is 9.81. The maximum atomic E-state index is 13.0. The van der Waals surface area contributed by atoms with Gasteiger partial charge in [0.2, 0.25) is 0 Å². The quantitative estimate of drug-likeness (QED) is 0.623. The molecule has 28 heavy (non-hydrogen) atoms. The first-order valence-electron chi connectivity index (χ1n) is 9.09. The van der Waals surface area contributed by atoms with E-state index in [9.17, 15) is 9.90 Å². The number of nitrogens with zero attached hydrogens (tertiary/aromatic N) is 3. The topological polar surface area (TPSA) is 75.5 Å². The normalized spacial score (nSPS) is 12.9. The van der Waals surface area contributed by atoms with Crippen LogP contribution in [0.4, 0.5) is 10.5 Å². The third-order valence-corrected chi connectivity index (χ3v) is 6.64. The van der Waals surface area contributed by atoms with Crippen molar-refractivity contribution in [2.75, 3.05) is 11.5 Å². The van der Waals surface area contributed by atoms with Crippen LogP contribution in [0.1, 0.15) is 48.9 Å². The molecule has 3 rings (SSSR count). The summed E-state index contributed by atoms with van der Waals surface area (Å²) >= 11 is 3.14. The van der Waals surface area contributed by atoms with Gasteiger partial charge in [-0.05, 0) is 44.7 Å². The van der Waals surface area contributed by atoms with Crippen molar-refractivity contribution in [1.29, 1.82) is 0 Å². The van der Waals surface area contributed by atoms with Crippen LogP contribution in [0.15, 0.2) is 23.7 Å². The van der Waals surface area contributed by atoms with Crippen LogP contribution in [0, 0.1) is 6.92 Å². The molecule has 0 spiro atoms. The minimum Gasteiger partial charge on any atom is -0.443 e. The van der Waals surface area contributed by atoms with E-state index in [1.807, 2.05) is 52.1 Å². The highest BCUT2D eigenvalue weighted by Gasteiger charge is 2.27. The summed E-state index contributed by atoms with van der Waals surface area (Å²) in [5.74, 6) is -0.000627. The molecule has 1 unspecified atom stereocenters. The molecule has 3 aromatic rings. The van der Waals surface area contributed by atoms with Gasteiger partial charge in [-0.3, -0.25) is 4.90 Å². The number of hydrogen-bond donors (Lipinski definition) is 1. The third kappa shape index (κ3) is 4.34. The molecule has 0 aliphatic carbocycles. The van der Waals surface area contributed by atoms with Crippen molar-refractivity contribution < 1.29 is 14.6 Å². The van der Waals surface area contributed by atoms with E-state index in [4.69, 9.17) is 4.74 Å². The minimum atomic E-state index is -0.605. The molecule has 0 saturated carbocycles. The summed E-state index contributed by atoms with van der Waals surface area (Å²) in [6.07, 6.45) is 1.20. The van der Waals surface area contributed by atoms with Gasteiger partial charge in [0.25, 0.3) is 0 Å². The van der Waals surface area contributed by atoms with Crippen molar-refractivity contribution in [3.8, 4) is 0 Å². The van der Waals surface area contributed by atoms with Crippen LogP contribution in [0.25, 0.3) is 10.2 Å². The predicted molar refractivity (Wildman–Crippen MR) is 114 cm³/mol. The summed E-state index contributed by atoms with van der Waals surface area (Å²) in [4.78, 5) is 16.8. The maximum absolute atomic E-state index is 13.0. The lowest BCUT2D eigenvalue weighted by molar-refractivity contribution is 0.0578. The van der Waals surface area contributed by atoms with E-state index < -0.39 is 11.7 Å². The fourth-order valence-electron chi connectivity index (χ4n) is 2.88. The van der Waals surface area contributed by atoms with Crippen molar-refractivity contribution in [3.63, 3.8) is 0 Å². The fraction of sp³-hybridized carbons (Fsp3) is 0.450. The second-order valence-electron chi connectivity index (χ2n) is 7.73. The molecule has 150 valence electrons. The SMILES string of the molecule is Cc1c(C(C)CO)sc2c(N(Cc3cccs3)C(=O)OC(C)(C)C)cnnc12. The lowest BCUT2D eigenvalue weighted by atomic mass is 10.1. The summed E-state index contributed by atoms with van der Waals surface area (Å²) in [5.41, 5.74) is 1.83. The number of aliphatic hydroxyl groups is 1. The zero-order chi connectivity index (χ0) is 20.5. The van der Waals surface area contributed by atoms with E-state index in [0.29, 0.717) is 12.2 Å². The Morgan fingerprint density at radius 1 is 1.39 bits per heavy atom. The van der Waals surface area contributed by atoms with Crippen LogP contribution < -0.4 is 4.90 Å². The van der Waals surface area contributed by atoms with Crippen LogP contribution in [0.3, 0.4) is 0 Å². The van der Waals surface area contributed by atoms with E-state index in [-0.39, 0.29) is 12.5 Å². The molecule has 3 aromatic heterocycles. The number of amides is 1. The number of anilines is 1. The average molecular weight is 420 g/mol. The van der Waals surface area contributed by atoms with Crippen molar-refractivity contribution >= 4 is 44.7 Å².